The topological polar surface area (TPSA) is 34.4 Å². The molecule has 3 heteroatoms. The Morgan fingerprint density at radius 1 is 1.21 bits per heavy atom. The molecule has 0 saturated heterocycles. The van der Waals surface area contributed by atoms with Gasteiger partial charge in [-0.3, -0.25) is 9.79 Å². The lowest BCUT2D eigenvalue weighted by Gasteiger charge is -2.19. The molecule has 1 rings (SSSR count). The molecular formula is C25H42N2O. The van der Waals surface area contributed by atoms with Crippen LogP contribution in [0.2, 0.25) is 0 Å². The van der Waals surface area contributed by atoms with Crippen molar-refractivity contribution in [1.29, 1.82) is 0 Å². The summed E-state index contributed by atoms with van der Waals surface area (Å²) in [5.41, 5.74) is 3.84. The Bertz CT molecular complexity index is 673. The second kappa shape index (κ2) is 11.4. The maximum absolute atomic E-state index is 12.4. The van der Waals surface area contributed by atoms with E-state index in [9.17, 15) is 4.79 Å². The monoisotopic (exact) mass is 386 g/mol. The maximum atomic E-state index is 12.4. The van der Waals surface area contributed by atoms with Gasteiger partial charge in [0.25, 0.3) is 0 Å². The van der Waals surface area contributed by atoms with Gasteiger partial charge in [-0.1, -0.05) is 79.7 Å². The minimum Gasteiger partial charge on any atom is -0.349 e. The second-order valence-electron chi connectivity index (χ2n) is 9.18. The van der Waals surface area contributed by atoms with E-state index >= 15 is 0 Å². The fourth-order valence-electron chi connectivity index (χ4n) is 3.68. The maximum Gasteiger partial charge on any atom is 0.163 e. The predicted molar refractivity (Wildman–Crippen MR) is 123 cm³/mol. The average Bonchev–Trinajstić information content (AvgIpc) is 2.93. The highest BCUT2D eigenvalue weighted by molar-refractivity contribution is 6.13. The lowest BCUT2D eigenvalue weighted by molar-refractivity contribution is -0.115. The van der Waals surface area contributed by atoms with Gasteiger partial charge in [0.05, 0.1) is 5.69 Å². The standard InChI is InChI=1S/C25H42N2O/c1-9-11-14-21(10-2)15-12-13-16-23(28)19(3)18-26-22-17-24(25(5,6)7)27(8)20(22)4/h17-18,21H,3,9-16H2,1-2,4-8H3. The third-order valence-electron chi connectivity index (χ3n) is 5.80. The van der Waals surface area contributed by atoms with Crippen molar-refractivity contribution in [3.8, 4) is 0 Å². The molecule has 0 spiro atoms. The highest BCUT2D eigenvalue weighted by Crippen LogP contribution is 2.30. The Hall–Kier alpha value is -1.64. The van der Waals surface area contributed by atoms with E-state index in [4.69, 9.17) is 0 Å². The number of carbonyl (C=O) groups is 1. The average molecular weight is 387 g/mol. The molecule has 0 fully saturated rings. The summed E-state index contributed by atoms with van der Waals surface area (Å²) < 4.78 is 2.18. The van der Waals surface area contributed by atoms with Gasteiger partial charge < -0.3 is 4.57 Å². The first-order valence-electron chi connectivity index (χ1n) is 11.0. The summed E-state index contributed by atoms with van der Waals surface area (Å²) in [5, 5.41) is 0. The smallest absolute Gasteiger partial charge is 0.163 e. The van der Waals surface area contributed by atoms with E-state index in [-0.39, 0.29) is 11.2 Å². The Kier molecular flexibility index (Phi) is 9.92. The molecule has 0 N–H and O–H groups in total. The van der Waals surface area contributed by atoms with Crippen LogP contribution in [0, 0.1) is 12.8 Å². The molecule has 1 atom stereocenters. The van der Waals surface area contributed by atoms with Gasteiger partial charge in [0.15, 0.2) is 5.78 Å². The number of allylic oxidation sites excluding steroid dienone is 1. The first-order chi connectivity index (χ1) is 13.1. The van der Waals surface area contributed by atoms with Gasteiger partial charge in [0, 0.05) is 42.1 Å². The second-order valence-corrected chi connectivity index (χ2v) is 9.18. The van der Waals surface area contributed by atoms with E-state index < -0.39 is 0 Å². The van der Waals surface area contributed by atoms with Crippen LogP contribution in [0.5, 0.6) is 0 Å². The lowest BCUT2D eigenvalue weighted by atomic mass is 9.92. The third kappa shape index (κ3) is 7.41. The molecule has 0 radical (unpaired) electrons. The fourth-order valence-corrected chi connectivity index (χ4v) is 3.68. The minimum absolute atomic E-state index is 0.0631. The minimum atomic E-state index is 0.0631. The highest BCUT2D eigenvalue weighted by Gasteiger charge is 2.20. The fraction of sp³-hybridized carbons (Fsp3) is 0.680. The number of aromatic nitrogens is 1. The normalized spacial score (nSPS) is 13.2. The van der Waals surface area contributed by atoms with Crippen LogP contribution in [0.1, 0.15) is 97.4 Å². The van der Waals surface area contributed by atoms with Crippen molar-refractivity contribution in [3.05, 3.63) is 29.6 Å². The zero-order chi connectivity index (χ0) is 21.3. The van der Waals surface area contributed by atoms with E-state index in [2.05, 4.69) is 70.8 Å². The number of carbonyl (C=O) groups excluding carboxylic acids is 1. The summed E-state index contributed by atoms with van der Waals surface area (Å²) in [6, 6.07) is 2.12. The van der Waals surface area contributed by atoms with Crippen molar-refractivity contribution >= 4 is 17.7 Å². The predicted octanol–water partition coefficient (Wildman–Crippen LogP) is 7.24. The summed E-state index contributed by atoms with van der Waals surface area (Å²) in [4.78, 5) is 16.9. The zero-order valence-corrected chi connectivity index (χ0v) is 19.4. The first kappa shape index (κ1) is 24.4. The largest absolute Gasteiger partial charge is 0.349 e. The van der Waals surface area contributed by atoms with E-state index in [0.29, 0.717) is 12.0 Å². The molecule has 0 amide bonds. The number of hydrogen-bond donors (Lipinski definition) is 0. The summed E-state index contributed by atoms with van der Waals surface area (Å²) in [6.45, 7) is 17.1. The van der Waals surface area contributed by atoms with Crippen LogP contribution >= 0.6 is 0 Å². The van der Waals surface area contributed by atoms with E-state index in [0.717, 1.165) is 30.1 Å². The van der Waals surface area contributed by atoms with Crippen molar-refractivity contribution in [3.63, 3.8) is 0 Å². The Morgan fingerprint density at radius 2 is 1.86 bits per heavy atom. The number of Topliss-reactive ketones (excluding diaryl/α,β-unsaturated/α-hetero) is 1. The van der Waals surface area contributed by atoms with Crippen LogP contribution in [-0.4, -0.2) is 16.6 Å². The van der Waals surface area contributed by atoms with Crippen molar-refractivity contribution in [2.24, 2.45) is 18.0 Å². The molecule has 1 aromatic rings. The van der Waals surface area contributed by atoms with Crippen LogP contribution in [0.4, 0.5) is 5.69 Å². The van der Waals surface area contributed by atoms with E-state index in [1.807, 2.05) is 0 Å². The summed E-state index contributed by atoms with van der Waals surface area (Å²) in [6.07, 6.45) is 10.7. The third-order valence-corrected chi connectivity index (χ3v) is 5.80. The first-order valence-corrected chi connectivity index (χ1v) is 11.0. The van der Waals surface area contributed by atoms with Crippen LogP contribution in [-0.2, 0) is 17.3 Å². The van der Waals surface area contributed by atoms with Crippen molar-refractivity contribution in [1.82, 2.24) is 4.57 Å². The quantitative estimate of drug-likeness (QED) is 0.212. The molecule has 0 bridgehead atoms. The molecule has 0 aromatic carbocycles. The molecule has 158 valence electrons. The van der Waals surface area contributed by atoms with Crippen LogP contribution in [0.3, 0.4) is 0 Å². The summed E-state index contributed by atoms with van der Waals surface area (Å²) >= 11 is 0. The van der Waals surface area contributed by atoms with Gasteiger partial charge in [0.1, 0.15) is 0 Å². The van der Waals surface area contributed by atoms with Crippen LogP contribution < -0.4 is 0 Å². The summed E-state index contributed by atoms with van der Waals surface area (Å²) in [7, 11) is 2.07. The van der Waals surface area contributed by atoms with Gasteiger partial charge in [0.2, 0.25) is 0 Å². The molecule has 0 aliphatic rings. The number of ketones is 1. The van der Waals surface area contributed by atoms with Crippen LogP contribution in [0.25, 0.3) is 0 Å². The van der Waals surface area contributed by atoms with Crippen molar-refractivity contribution in [2.45, 2.75) is 98.3 Å². The molecule has 1 unspecified atom stereocenters. The molecule has 28 heavy (non-hydrogen) atoms. The molecular weight excluding hydrogens is 344 g/mol. The Morgan fingerprint density at radius 3 is 2.39 bits per heavy atom. The van der Waals surface area contributed by atoms with Gasteiger partial charge in [-0.25, -0.2) is 0 Å². The molecule has 1 heterocycles. The van der Waals surface area contributed by atoms with Gasteiger partial charge >= 0.3 is 0 Å². The molecule has 1 aromatic heterocycles. The highest BCUT2D eigenvalue weighted by atomic mass is 16.1. The van der Waals surface area contributed by atoms with Crippen LogP contribution in [0.15, 0.2) is 23.2 Å². The Balaban J connectivity index is 2.54. The number of hydrogen-bond acceptors (Lipinski definition) is 2. The van der Waals surface area contributed by atoms with Gasteiger partial charge in [-0.2, -0.15) is 0 Å². The lowest BCUT2D eigenvalue weighted by Crippen LogP contribution is -2.16. The molecule has 0 aliphatic carbocycles. The van der Waals surface area contributed by atoms with Gasteiger partial charge in [-0.05, 0) is 25.3 Å². The van der Waals surface area contributed by atoms with E-state index in [1.54, 1.807) is 6.21 Å². The zero-order valence-electron chi connectivity index (χ0n) is 19.4. The number of aliphatic imine (C=N–C) groups is 1. The molecule has 3 nitrogen and oxygen atoms in total. The molecule has 0 saturated carbocycles. The number of rotatable bonds is 12. The number of nitrogens with zero attached hydrogens (tertiary/aromatic N) is 2. The van der Waals surface area contributed by atoms with E-state index in [1.165, 1.54) is 37.8 Å². The van der Waals surface area contributed by atoms with Crippen molar-refractivity contribution < 1.29 is 4.79 Å². The SMILES string of the molecule is C=C(C=Nc1cc(C(C)(C)C)n(C)c1C)C(=O)CCCCC(CC)CCCC. The van der Waals surface area contributed by atoms with Gasteiger partial charge in [-0.15, -0.1) is 0 Å². The van der Waals surface area contributed by atoms with Crippen molar-refractivity contribution in [2.75, 3.05) is 0 Å². The molecule has 0 aliphatic heterocycles. The summed E-state index contributed by atoms with van der Waals surface area (Å²) in [5.74, 6) is 0.938. The Labute approximate surface area is 173 Å². The number of unbranched alkanes of at least 4 members (excludes halogenated alkanes) is 2.